The molecule has 3 nitrogen and oxygen atoms in total. The maximum Gasteiger partial charge on any atom is 0.0603 e. The second kappa shape index (κ2) is 4.40. The molecule has 0 amide bonds. The number of nitrogens with zero attached hydrogens (tertiary/aromatic N) is 1. The predicted molar refractivity (Wildman–Crippen MR) is 61.9 cm³/mol. The number of hydrogen-bond acceptors (Lipinski definition) is 3. The van der Waals surface area contributed by atoms with Gasteiger partial charge in [0.25, 0.3) is 0 Å². The molecule has 0 aliphatic carbocycles. The number of piperidine rings is 1. The largest absolute Gasteiger partial charge is 0.390 e. The van der Waals surface area contributed by atoms with Crippen LogP contribution in [0.15, 0.2) is 0 Å². The van der Waals surface area contributed by atoms with Crippen LogP contribution in [0.2, 0.25) is 0 Å². The van der Waals surface area contributed by atoms with Crippen LogP contribution >= 0.6 is 0 Å². The molecule has 2 aliphatic rings. The third-order valence-corrected chi connectivity index (χ3v) is 3.71. The zero-order valence-electron chi connectivity index (χ0n) is 10.00. The Labute approximate surface area is 92.8 Å². The van der Waals surface area contributed by atoms with E-state index in [9.17, 15) is 5.11 Å². The van der Waals surface area contributed by atoms with Crippen LogP contribution < -0.4 is 5.32 Å². The highest BCUT2D eigenvalue weighted by Gasteiger charge is 2.34. The molecule has 0 aromatic rings. The van der Waals surface area contributed by atoms with Crippen molar-refractivity contribution in [1.29, 1.82) is 0 Å². The lowest BCUT2D eigenvalue weighted by Crippen LogP contribution is -2.40. The van der Waals surface area contributed by atoms with Crippen molar-refractivity contribution >= 4 is 0 Å². The van der Waals surface area contributed by atoms with E-state index in [1.807, 2.05) is 13.8 Å². The highest BCUT2D eigenvalue weighted by molar-refractivity contribution is 4.92. The summed E-state index contributed by atoms with van der Waals surface area (Å²) < 4.78 is 0. The van der Waals surface area contributed by atoms with Gasteiger partial charge in [0.05, 0.1) is 5.60 Å². The maximum atomic E-state index is 9.69. The van der Waals surface area contributed by atoms with E-state index in [4.69, 9.17) is 0 Å². The lowest BCUT2D eigenvalue weighted by molar-refractivity contribution is 0.0600. The van der Waals surface area contributed by atoms with Gasteiger partial charge in [-0.1, -0.05) is 0 Å². The number of aliphatic hydroxyl groups is 1. The highest BCUT2D eigenvalue weighted by Crippen LogP contribution is 2.25. The monoisotopic (exact) mass is 212 g/mol. The van der Waals surface area contributed by atoms with Crippen molar-refractivity contribution in [3.05, 3.63) is 0 Å². The third-order valence-electron chi connectivity index (χ3n) is 3.71. The van der Waals surface area contributed by atoms with Crippen molar-refractivity contribution < 1.29 is 5.11 Å². The summed E-state index contributed by atoms with van der Waals surface area (Å²) in [4.78, 5) is 2.51. The van der Waals surface area contributed by atoms with Crippen LogP contribution in [0, 0.1) is 5.92 Å². The molecule has 2 heterocycles. The number of nitrogens with one attached hydrogen (secondary N) is 1. The van der Waals surface area contributed by atoms with Crippen LogP contribution in [0.5, 0.6) is 0 Å². The smallest absolute Gasteiger partial charge is 0.0603 e. The first kappa shape index (κ1) is 11.4. The van der Waals surface area contributed by atoms with E-state index in [1.165, 1.54) is 32.5 Å². The molecule has 0 radical (unpaired) electrons. The molecule has 88 valence electrons. The van der Waals surface area contributed by atoms with Crippen LogP contribution in [0.4, 0.5) is 0 Å². The molecule has 2 fully saturated rings. The summed E-state index contributed by atoms with van der Waals surface area (Å²) in [6.45, 7) is 8.44. The standard InChI is InChI=1S/C12H24N2O/c1-12(2,15)5-7-14-8-10-4-3-6-13-11(10)9-14/h10-11,13,15H,3-9H2,1-2H3/t10-,11+/m0/s1. The Balaban J connectivity index is 1.77. The molecule has 2 rings (SSSR count). The second-order valence-corrected chi connectivity index (χ2v) is 5.78. The van der Waals surface area contributed by atoms with Gasteiger partial charge in [0.15, 0.2) is 0 Å². The van der Waals surface area contributed by atoms with Gasteiger partial charge < -0.3 is 15.3 Å². The van der Waals surface area contributed by atoms with Gasteiger partial charge in [-0.25, -0.2) is 0 Å². The van der Waals surface area contributed by atoms with E-state index in [-0.39, 0.29) is 0 Å². The van der Waals surface area contributed by atoms with E-state index in [2.05, 4.69) is 10.2 Å². The van der Waals surface area contributed by atoms with Crippen LogP contribution in [0.3, 0.4) is 0 Å². The van der Waals surface area contributed by atoms with Gasteiger partial charge in [-0.05, 0) is 45.6 Å². The lowest BCUT2D eigenvalue weighted by atomic mass is 9.94. The zero-order valence-corrected chi connectivity index (χ0v) is 10.00. The molecule has 0 aromatic carbocycles. The van der Waals surface area contributed by atoms with Crippen LogP contribution in [-0.2, 0) is 0 Å². The molecule has 0 spiro atoms. The molecule has 2 N–H and O–H groups in total. The number of rotatable bonds is 3. The first-order valence-electron chi connectivity index (χ1n) is 6.23. The van der Waals surface area contributed by atoms with Crippen molar-refractivity contribution in [1.82, 2.24) is 10.2 Å². The minimum Gasteiger partial charge on any atom is -0.390 e. The van der Waals surface area contributed by atoms with Crippen LogP contribution in [0.25, 0.3) is 0 Å². The fourth-order valence-corrected chi connectivity index (χ4v) is 2.75. The fourth-order valence-electron chi connectivity index (χ4n) is 2.75. The summed E-state index contributed by atoms with van der Waals surface area (Å²) in [5.41, 5.74) is -0.513. The molecule has 2 saturated heterocycles. The highest BCUT2D eigenvalue weighted by atomic mass is 16.3. The molecule has 15 heavy (non-hydrogen) atoms. The average Bonchev–Trinajstić information content (AvgIpc) is 2.56. The van der Waals surface area contributed by atoms with Gasteiger partial charge in [0.1, 0.15) is 0 Å². The molecule has 0 unspecified atom stereocenters. The summed E-state index contributed by atoms with van der Waals surface area (Å²) in [6, 6.07) is 0.723. The average molecular weight is 212 g/mol. The Bertz CT molecular complexity index is 198. The Morgan fingerprint density at radius 3 is 2.87 bits per heavy atom. The van der Waals surface area contributed by atoms with Gasteiger partial charge in [0, 0.05) is 25.7 Å². The minimum atomic E-state index is -0.513. The summed E-state index contributed by atoms with van der Waals surface area (Å²) in [7, 11) is 0. The summed E-state index contributed by atoms with van der Waals surface area (Å²) in [5, 5.41) is 13.3. The molecule has 2 aliphatic heterocycles. The SMILES string of the molecule is CC(C)(O)CCN1C[C@@H]2CCCN[C@@H]2C1. The van der Waals surface area contributed by atoms with E-state index >= 15 is 0 Å². The van der Waals surface area contributed by atoms with Crippen molar-refractivity contribution in [2.24, 2.45) is 5.92 Å². The van der Waals surface area contributed by atoms with E-state index in [0.717, 1.165) is 24.9 Å². The first-order valence-corrected chi connectivity index (χ1v) is 6.23. The van der Waals surface area contributed by atoms with Gasteiger partial charge in [-0.15, -0.1) is 0 Å². The van der Waals surface area contributed by atoms with Crippen LogP contribution in [-0.4, -0.2) is 47.8 Å². The third kappa shape index (κ3) is 3.16. The Morgan fingerprint density at radius 2 is 2.20 bits per heavy atom. The van der Waals surface area contributed by atoms with Crippen molar-refractivity contribution in [2.45, 2.75) is 44.8 Å². The van der Waals surface area contributed by atoms with Gasteiger partial charge in [-0.2, -0.15) is 0 Å². The van der Waals surface area contributed by atoms with E-state index in [1.54, 1.807) is 0 Å². The molecular formula is C12H24N2O. The van der Waals surface area contributed by atoms with Crippen LogP contribution in [0.1, 0.15) is 33.1 Å². The topological polar surface area (TPSA) is 35.5 Å². The Morgan fingerprint density at radius 1 is 1.40 bits per heavy atom. The number of fused-ring (bicyclic) bond motifs is 1. The fraction of sp³-hybridized carbons (Fsp3) is 1.00. The molecule has 0 aromatic heterocycles. The molecule has 0 bridgehead atoms. The van der Waals surface area contributed by atoms with Crippen molar-refractivity contribution in [3.63, 3.8) is 0 Å². The van der Waals surface area contributed by atoms with E-state index < -0.39 is 5.60 Å². The number of hydrogen-bond donors (Lipinski definition) is 2. The Hall–Kier alpha value is -0.120. The maximum absolute atomic E-state index is 9.69. The predicted octanol–water partition coefficient (Wildman–Crippen LogP) is 0.831. The minimum absolute atomic E-state index is 0.513. The molecule has 2 atom stereocenters. The molecule has 0 saturated carbocycles. The van der Waals surface area contributed by atoms with Crippen molar-refractivity contribution in [3.8, 4) is 0 Å². The van der Waals surface area contributed by atoms with Gasteiger partial charge in [-0.3, -0.25) is 0 Å². The molecular weight excluding hydrogens is 188 g/mol. The first-order chi connectivity index (χ1) is 7.04. The second-order valence-electron chi connectivity index (χ2n) is 5.78. The number of likely N-dealkylation sites (tertiary alicyclic amines) is 1. The summed E-state index contributed by atoms with van der Waals surface area (Å²) >= 11 is 0. The van der Waals surface area contributed by atoms with E-state index in [0.29, 0.717) is 0 Å². The zero-order chi connectivity index (χ0) is 10.9. The quantitative estimate of drug-likeness (QED) is 0.727. The molecule has 3 heteroatoms. The van der Waals surface area contributed by atoms with Crippen molar-refractivity contribution in [2.75, 3.05) is 26.2 Å². The Kier molecular flexibility index (Phi) is 3.33. The lowest BCUT2D eigenvalue weighted by Gasteiger charge is -2.24. The summed E-state index contributed by atoms with van der Waals surface area (Å²) in [5.74, 6) is 0.862. The van der Waals surface area contributed by atoms with Gasteiger partial charge >= 0.3 is 0 Å². The summed E-state index contributed by atoms with van der Waals surface area (Å²) in [6.07, 6.45) is 3.60. The normalized spacial score (nSPS) is 33.0. The van der Waals surface area contributed by atoms with Gasteiger partial charge in [0.2, 0.25) is 0 Å².